The number of pyridine rings is 1. The van der Waals surface area contributed by atoms with Crippen LogP contribution < -0.4 is 5.43 Å². The summed E-state index contributed by atoms with van der Waals surface area (Å²) >= 11 is 5.13. The second kappa shape index (κ2) is 8.17. The van der Waals surface area contributed by atoms with E-state index in [4.69, 9.17) is 4.98 Å². The van der Waals surface area contributed by atoms with Gasteiger partial charge in [-0.1, -0.05) is 58.8 Å². The number of benzene rings is 1. The molecular formula is C18H17BrN4S. The number of rotatable bonds is 6. The third-order valence-electron chi connectivity index (χ3n) is 3.35. The lowest BCUT2D eigenvalue weighted by Crippen LogP contribution is -1.90. The highest BCUT2D eigenvalue weighted by Gasteiger charge is 2.12. The number of hydrazone groups is 1. The normalized spacial score (nSPS) is 11.1. The molecule has 1 N–H and O–H groups in total. The number of halogens is 1. The summed E-state index contributed by atoms with van der Waals surface area (Å²) in [4.78, 5) is 10.1. The largest absolute Gasteiger partial charge is 0.264 e. The van der Waals surface area contributed by atoms with E-state index < -0.39 is 0 Å². The summed E-state index contributed by atoms with van der Waals surface area (Å²) in [6, 6.07) is 12.1. The van der Waals surface area contributed by atoms with Crippen LogP contribution in [0.1, 0.15) is 23.8 Å². The van der Waals surface area contributed by atoms with Gasteiger partial charge in [0.1, 0.15) is 0 Å². The van der Waals surface area contributed by atoms with Gasteiger partial charge in [-0.05, 0) is 24.6 Å². The Hall–Kier alpha value is -2.05. The molecule has 0 unspecified atom stereocenters. The predicted octanol–water partition coefficient (Wildman–Crippen LogP) is 5.37. The Morgan fingerprint density at radius 3 is 2.79 bits per heavy atom. The smallest absolute Gasteiger partial charge is 0.204 e. The summed E-state index contributed by atoms with van der Waals surface area (Å²) in [6.45, 7) is 2.18. The summed E-state index contributed by atoms with van der Waals surface area (Å²) in [5, 5.41) is 5.06. The van der Waals surface area contributed by atoms with Crippen molar-refractivity contribution in [2.24, 2.45) is 5.10 Å². The number of nitrogens with zero attached hydrogens (tertiary/aromatic N) is 3. The maximum atomic E-state index is 4.72. The van der Waals surface area contributed by atoms with Gasteiger partial charge in [0.2, 0.25) is 5.13 Å². The number of aryl methyl sites for hydroxylation is 1. The van der Waals surface area contributed by atoms with E-state index >= 15 is 0 Å². The molecule has 0 aliphatic carbocycles. The third kappa shape index (κ3) is 4.27. The van der Waals surface area contributed by atoms with Gasteiger partial charge >= 0.3 is 0 Å². The molecule has 0 fully saturated rings. The molecular weight excluding hydrogens is 384 g/mol. The Morgan fingerprint density at radius 1 is 1.25 bits per heavy atom. The van der Waals surface area contributed by atoms with Crippen LogP contribution in [0.5, 0.6) is 0 Å². The molecule has 0 atom stereocenters. The standard InChI is InChI=1S/C18H17BrN4S/c1-2-4-16-17(14-6-8-15(19)9-7-14)22-18(24-16)23-21-12-13-5-3-10-20-11-13/h3,5-12H,2,4H2,1H3,(H,22,23)/b21-12+. The van der Waals surface area contributed by atoms with Crippen LogP contribution >= 0.6 is 27.3 Å². The summed E-state index contributed by atoms with van der Waals surface area (Å²) in [5.74, 6) is 0. The molecule has 2 heterocycles. The maximum Gasteiger partial charge on any atom is 0.204 e. The van der Waals surface area contributed by atoms with Crippen LogP contribution in [0.3, 0.4) is 0 Å². The topological polar surface area (TPSA) is 50.2 Å². The van der Waals surface area contributed by atoms with Crippen molar-refractivity contribution in [1.82, 2.24) is 9.97 Å². The lowest BCUT2D eigenvalue weighted by molar-refractivity contribution is 0.938. The molecule has 0 radical (unpaired) electrons. The number of aromatic nitrogens is 2. The van der Waals surface area contributed by atoms with E-state index in [9.17, 15) is 0 Å². The summed E-state index contributed by atoms with van der Waals surface area (Å²) in [6.07, 6.45) is 7.35. The fourth-order valence-corrected chi connectivity index (χ4v) is 3.54. The van der Waals surface area contributed by atoms with Crippen LogP contribution in [0.4, 0.5) is 5.13 Å². The van der Waals surface area contributed by atoms with E-state index in [1.165, 1.54) is 4.88 Å². The Bertz CT molecular complexity index is 813. The number of anilines is 1. The molecule has 0 saturated carbocycles. The van der Waals surface area contributed by atoms with Crippen LogP contribution in [0.15, 0.2) is 58.4 Å². The zero-order valence-electron chi connectivity index (χ0n) is 13.2. The summed E-state index contributed by atoms with van der Waals surface area (Å²) in [5.41, 5.74) is 6.14. The first-order chi connectivity index (χ1) is 11.8. The molecule has 0 saturated heterocycles. The monoisotopic (exact) mass is 400 g/mol. The highest BCUT2D eigenvalue weighted by molar-refractivity contribution is 9.10. The van der Waals surface area contributed by atoms with Crippen LogP contribution in [-0.2, 0) is 6.42 Å². The van der Waals surface area contributed by atoms with Crippen LogP contribution in [0, 0.1) is 0 Å². The molecule has 0 spiro atoms. The van der Waals surface area contributed by atoms with Crippen molar-refractivity contribution in [2.45, 2.75) is 19.8 Å². The lowest BCUT2D eigenvalue weighted by atomic mass is 10.1. The fraction of sp³-hybridized carbons (Fsp3) is 0.167. The fourth-order valence-electron chi connectivity index (χ4n) is 2.24. The van der Waals surface area contributed by atoms with Crippen molar-refractivity contribution in [2.75, 3.05) is 5.43 Å². The van der Waals surface area contributed by atoms with Gasteiger partial charge in [0, 0.05) is 32.9 Å². The van der Waals surface area contributed by atoms with E-state index in [0.717, 1.165) is 39.3 Å². The average Bonchev–Trinajstić information content (AvgIpc) is 3.00. The van der Waals surface area contributed by atoms with Crippen molar-refractivity contribution in [1.29, 1.82) is 0 Å². The molecule has 4 nitrogen and oxygen atoms in total. The van der Waals surface area contributed by atoms with Crippen molar-refractivity contribution in [3.63, 3.8) is 0 Å². The molecule has 1 aromatic carbocycles. The Morgan fingerprint density at radius 2 is 2.08 bits per heavy atom. The minimum Gasteiger partial charge on any atom is -0.264 e. The minimum absolute atomic E-state index is 0.802. The highest BCUT2D eigenvalue weighted by atomic mass is 79.9. The SMILES string of the molecule is CCCc1sc(N/N=C/c2cccnc2)nc1-c1ccc(Br)cc1. The quantitative estimate of drug-likeness (QED) is 0.447. The first kappa shape index (κ1) is 16.8. The Kier molecular flexibility index (Phi) is 5.72. The van der Waals surface area contributed by atoms with Gasteiger partial charge in [0.05, 0.1) is 11.9 Å². The third-order valence-corrected chi connectivity index (χ3v) is 4.90. The van der Waals surface area contributed by atoms with Gasteiger partial charge < -0.3 is 0 Å². The Labute approximate surface area is 153 Å². The second-order valence-corrected chi connectivity index (χ2v) is 7.20. The Balaban J connectivity index is 1.80. The van der Waals surface area contributed by atoms with Gasteiger partial charge in [0.25, 0.3) is 0 Å². The van der Waals surface area contributed by atoms with Gasteiger partial charge in [-0.15, -0.1) is 0 Å². The number of hydrogen-bond acceptors (Lipinski definition) is 5. The van der Waals surface area contributed by atoms with E-state index in [0.29, 0.717) is 0 Å². The summed E-state index contributed by atoms with van der Waals surface area (Å²) < 4.78 is 1.07. The van der Waals surface area contributed by atoms with Crippen molar-refractivity contribution in [3.05, 3.63) is 63.7 Å². The van der Waals surface area contributed by atoms with Gasteiger partial charge in [0.15, 0.2) is 0 Å². The van der Waals surface area contributed by atoms with Gasteiger partial charge in [-0.3, -0.25) is 10.4 Å². The van der Waals surface area contributed by atoms with Crippen molar-refractivity contribution >= 4 is 38.6 Å². The molecule has 122 valence electrons. The van der Waals surface area contributed by atoms with Gasteiger partial charge in [-0.2, -0.15) is 5.10 Å². The van der Waals surface area contributed by atoms with Crippen LogP contribution in [0.2, 0.25) is 0 Å². The van der Waals surface area contributed by atoms with E-state index in [-0.39, 0.29) is 0 Å². The predicted molar refractivity (Wildman–Crippen MR) is 105 cm³/mol. The molecule has 24 heavy (non-hydrogen) atoms. The van der Waals surface area contributed by atoms with Crippen LogP contribution in [0.25, 0.3) is 11.3 Å². The number of thiazole rings is 1. The van der Waals surface area contributed by atoms with E-state index in [1.54, 1.807) is 29.9 Å². The molecule has 6 heteroatoms. The molecule has 0 bridgehead atoms. The zero-order chi connectivity index (χ0) is 16.8. The van der Waals surface area contributed by atoms with Crippen LogP contribution in [-0.4, -0.2) is 16.2 Å². The minimum atomic E-state index is 0.802. The molecule has 3 aromatic rings. The highest BCUT2D eigenvalue weighted by Crippen LogP contribution is 2.32. The molecule has 3 rings (SSSR count). The molecule has 0 aliphatic rings. The van der Waals surface area contributed by atoms with Crippen molar-refractivity contribution in [3.8, 4) is 11.3 Å². The average molecular weight is 401 g/mol. The molecule has 0 amide bonds. The van der Waals surface area contributed by atoms with E-state index in [2.05, 4.69) is 50.5 Å². The van der Waals surface area contributed by atoms with Gasteiger partial charge in [-0.25, -0.2) is 4.98 Å². The lowest BCUT2D eigenvalue weighted by Gasteiger charge is -2.01. The first-order valence-electron chi connectivity index (χ1n) is 7.71. The number of hydrogen-bond donors (Lipinski definition) is 1. The van der Waals surface area contributed by atoms with Crippen molar-refractivity contribution < 1.29 is 0 Å². The molecule has 2 aromatic heterocycles. The zero-order valence-corrected chi connectivity index (χ0v) is 15.6. The first-order valence-corrected chi connectivity index (χ1v) is 9.32. The maximum absolute atomic E-state index is 4.72. The molecule has 0 aliphatic heterocycles. The number of nitrogens with one attached hydrogen (secondary N) is 1. The second-order valence-electron chi connectivity index (χ2n) is 5.20. The van der Waals surface area contributed by atoms with E-state index in [1.807, 2.05) is 24.3 Å². The summed E-state index contributed by atoms with van der Waals surface area (Å²) in [7, 11) is 0.